The van der Waals surface area contributed by atoms with Gasteiger partial charge in [-0.1, -0.05) is 38.0 Å². The number of unbranched alkanes of at least 4 members (excludes halogenated alkanes) is 1. The van der Waals surface area contributed by atoms with Gasteiger partial charge in [-0.05, 0) is 31.9 Å². The number of hydrogen-bond donors (Lipinski definition) is 0. The maximum absolute atomic E-state index is 8.81. The average molecular weight is 189 g/mol. The van der Waals surface area contributed by atoms with Crippen LogP contribution in [0.25, 0.3) is 0 Å². The molecular formula is C13H19N. The minimum Gasteiger partial charge on any atom is -0.192 e. The molecule has 0 amide bonds. The van der Waals surface area contributed by atoms with Crippen LogP contribution in [0.5, 0.6) is 0 Å². The number of allylic oxidation sites excluding steroid dienone is 6. The number of hydrogen-bond acceptors (Lipinski definition) is 1. The summed E-state index contributed by atoms with van der Waals surface area (Å²) in [6.07, 6.45) is 11.0. The molecule has 0 bridgehead atoms. The summed E-state index contributed by atoms with van der Waals surface area (Å²) in [5, 5.41) is 8.81. The van der Waals surface area contributed by atoms with Crippen LogP contribution in [0.2, 0.25) is 0 Å². The lowest BCUT2D eigenvalue weighted by molar-refractivity contribution is 0.958. The molecule has 0 unspecified atom stereocenters. The summed E-state index contributed by atoms with van der Waals surface area (Å²) in [7, 11) is 0. The van der Waals surface area contributed by atoms with Crippen LogP contribution >= 0.6 is 0 Å². The molecule has 14 heavy (non-hydrogen) atoms. The molecule has 0 N–H and O–H groups in total. The van der Waals surface area contributed by atoms with E-state index in [1.54, 1.807) is 0 Å². The van der Waals surface area contributed by atoms with Gasteiger partial charge in [0.05, 0.1) is 11.6 Å². The van der Waals surface area contributed by atoms with Crippen molar-refractivity contribution in [2.24, 2.45) is 0 Å². The van der Waals surface area contributed by atoms with Gasteiger partial charge in [-0.25, -0.2) is 0 Å². The highest BCUT2D eigenvalue weighted by Gasteiger charge is 1.86. The molecule has 0 fully saturated rings. The van der Waals surface area contributed by atoms with E-state index in [-0.39, 0.29) is 0 Å². The number of rotatable bonds is 5. The monoisotopic (exact) mass is 189 g/mol. The van der Waals surface area contributed by atoms with Crippen LogP contribution in [0.3, 0.4) is 0 Å². The molecule has 76 valence electrons. The van der Waals surface area contributed by atoms with Gasteiger partial charge in [-0.3, -0.25) is 0 Å². The summed E-state index contributed by atoms with van der Waals surface area (Å²) in [5.41, 5.74) is 2.02. The Kier molecular flexibility index (Phi) is 7.55. The van der Waals surface area contributed by atoms with Crippen LogP contribution in [-0.4, -0.2) is 0 Å². The molecule has 1 heteroatoms. The Hall–Kier alpha value is -1.29. The molecule has 0 spiro atoms. The van der Waals surface area contributed by atoms with Gasteiger partial charge in [0.1, 0.15) is 0 Å². The van der Waals surface area contributed by atoms with Crippen molar-refractivity contribution < 1.29 is 0 Å². The van der Waals surface area contributed by atoms with Crippen molar-refractivity contribution in [2.75, 3.05) is 0 Å². The van der Waals surface area contributed by atoms with Crippen LogP contribution in [-0.2, 0) is 0 Å². The van der Waals surface area contributed by atoms with Gasteiger partial charge in [-0.15, -0.1) is 0 Å². The summed E-state index contributed by atoms with van der Waals surface area (Å²) >= 11 is 0. The van der Waals surface area contributed by atoms with Gasteiger partial charge in [0.25, 0.3) is 0 Å². The van der Waals surface area contributed by atoms with Gasteiger partial charge in [0.15, 0.2) is 0 Å². The summed E-state index contributed by atoms with van der Waals surface area (Å²) in [6.45, 7) is 6.31. The minimum absolute atomic E-state index is 0.728. The highest BCUT2D eigenvalue weighted by atomic mass is 14.2. The fourth-order valence-corrected chi connectivity index (χ4v) is 0.857. The van der Waals surface area contributed by atoms with Crippen molar-refractivity contribution in [1.82, 2.24) is 0 Å². The van der Waals surface area contributed by atoms with Crippen LogP contribution in [0, 0.1) is 11.3 Å². The fourth-order valence-electron chi connectivity index (χ4n) is 0.857. The normalized spacial score (nSPS) is 13.3. The van der Waals surface area contributed by atoms with Crippen molar-refractivity contribution >= 4 is 0 Å². The van der Waals surface area contributed by atoms with Crippen molar-refractivity contribution in [1.29, 1.82) is 5.26 Å². The van der Waals surface area contributed by atoms with Crippen molar-refractivity contribution in [3.05, 3.63) is 35.5 Å². The molecule has 0 atom stereocenters. The van der Waals surface area contributed by atoms with Crippen molar-refractivity contribution in [2.45, 2.75) is 40.0 Å². The average Bonchev–Trinajstić information content (AvgIpc) is 2.22. The second kappa shape index (κ2) is 8.31. The molecule has 0 saturated carbocycles. The first kappa shape index (κ1) is 12.7. The molecule has 0 aromatic rings. The lowest BCUT2D eigenvalue weighted by atomic mass is 10.1. The highest BCUT2D eigenvalue weighted by molar-refractivity contribution is 5.36. The smallest absolute Gasteiger partial charge is 0.0991 e. The zero-order valence-corrected chi connectivity index (χ0v) is 9.38. The quantitative estimate of drug-likeness (QED) is 0.471. The molecule has 0 rings (SSSR count). The second-order valence-corrected chi connectivity index (χ2v) is 3.29. The molecular weight excluding hydrogens is 170 g/mol. The fraction of sp³-hybridized carbons (Fsp3) is 0.462. The Morgan fingerprint density at radius 3 is 2.50 bits per heavy atom. The summed E-state index contributed by atoms with van der Waals surface area (Å²) in [6, 6.07) is 2.17. The van der Waals surface area contributed by atoms with E-state index in [0.717, 1.165) is 24.8 Å². The van der Waals surface area contributed by atoms with E-state index in [4.69, 9.17) is 5.26 Å². The SMILES string of the molecule is CCC/C=C/C(C#N)=C\C=C(/C)CC. The topological polar surface area (TPSA) is 23.8 Å². The largest absolute Gasteiger partial charge is 0.192 e. The maximum Gasteiger partial charge on any atom is 0.0991 e. The third-order valence-corrected chi connectivity index (χ3v) is 1.99. The summed E-state index contributed by atoms with van der Waals surface area (Å²) in [4.78, 5) is 0. The van der Waals surface area contributed by atoms with E-state index >= 15 is 0 Å². The first-order valence-corrected chi connectivity index (χ1v) is 5.18. The van der Waals surface area contributed by atoms with E-state index in [1.807, 2.05) is 24.3 Å². The van der Waals surface area contributed by atoms with E-state index in [2.05, 4.69) is 26.8 Å². The zero-order valence-electron chi connectivity index (χ0n) is 9.38. The van der Waals surface area contributed by atoms with E-state index < -0.39 is 0 Å². The highest BCUT2D eigenvalue weighted by Crippen LogP contribution is 2.03. The van der Waals surface area contributed by atoms with Gasteiger partial charge in [0, 0.05) is 0 Å². The van der Waals surface area contributed by atoms with Crippen LogP contribution < -0.4 is 0 Å². The standard InChI is InChI=1S/C13H19N/c1-4-6-7-8-13(11-14)10-9-12(3)5-2/h7-10H,4-6H2,1-3H3/b8-7+,12-9+,13-10+. The van der Waals surface area contributed by atoms with E-state index in [1.165, 1.54) is 5.57 Å². The molecule has 1 nitrogen and oxygen atoms in total. The molecule has 0 saturated heterocycles. The van der Waals surface area contributed by atoms with Gasteiger partial charge >= 0.3 is 0 Å². The second-order valence-electron chi connectivity index (χ2n) is 3.29. The van der Waals surface area contributed by atoms with Crippen molar-refractivity contribution in [3.63, 3.8) is 0 Å². The van der Waals surface area contributed by atoms with Crippen LogP contribution in [0.1, 0.15) is 40.0 Å². The molecule has 0 aromatic carbocycles. The predicted molar refractivity (Wildman–Crippen MR) is 61.8 cm³/mol. The molecule has 0 aliphatic rings. The number of nitriles is 1. The molecule has 0 radical (unpaired) electrons. The molecule has 0 aliphatic heterocycles. The molecule has 0 heterocycles. The summed E-state index contributed by atoms with van der Waals surface area (Å²) in [5.74, 6) is 0. The number of nitrogens with zero attached hydrogens (tertiary/aromatic N) is 1. The minimum atomic E-state index is 0.728. The Bertz CT molecular complexity index is 274. The first-order valence-electron chi connectivity index (χ1n) is 5.18. The Morgan fingerprint density at radius 1 is 1.29 bits per heavy atom. The van der Waals surface area contributed by atoms with Gasteiger partial charge in [-0.2, -0.15) is 5.26 Å². The Labute approximate surface area is 87.4 Å². The maximum atomic E-state index is 8.81. The van der Waals surface area contributed by atoms with Gasteiger partial charge < -0.3 is 0 Å². The van der Waals surface area contributed by atoms with Crippen molar-refractivity contribution in [3.8, 4) is 6.07 Å². The van der Waals surface area contributed by atoms with E-state index in [0.29, 0.717) is 0 Å². The first-order chi connectivity index (χ1) is 6.74. The zero-order chi connectivity index (χ0) is 10.8. The molecule has 0 aliphatic carbocycles. The third-order valence-electron chi connectivity index (χ3n) is 1.99. The lowest BCUT2D eigenvalue weighted by Gasteiger charge is -1.90. The molecule has 0 aromatic heterocycles. The third kappa shape index (κ3) is 6.25. The van der Waals surface area contributed by atoms with Crippen LogP contribution in [0.15, 0.2) is 35.5 Å². The lowest BCUT2D eigenvalue weighted by Crippen LogP contribution is -1.73. The van der Waals surface area contributed by atoms with Crippen LogP contribution in [0.4, 0.5) is 0 Å². The van der Waals surface area contributed by atoms with E-state index in [9.17, 15) is 0 Å². The predicted octanol–water partition coefficient (Wildman–Crippen LogP) is 4.15. The Balaban J connectivity index is 4.35. The summed E-state index contributed by atoms with van der Waals surface area (Å²) < 4.78 is 0. The van der Waals surface area contributed by atoms with Gasteiger partial charge in [0.2, 0.25) is 0 Å². The Morgan fingerprint density at radius 2 is 2.00 bits per heavy atom.